The van der Waals surface area contributed by atoms with Crippen LogP contribution in [-0.4, -0.2) is 26.3 Å². The van der Waals surface area contributed by atoms with Gasteiger partial charge in [0.1, 0.15) is 0 Å². The summed E-state index contributed by atoms with van der Waals surface area (Å²) in [5.74, 6) is 0.895. The van der Waals surface area contributed by atoms with Crippen molar-refractivity contribution in [2.24, 2.45) is 5.92 Å². The highest BCUT2D eigenvalue weighted by Gasteiger charge is 2.20. The van der Waals surface area contributed by atoms with Crippen LogP contribution in [-0.2, 0) is 4.74 Å². The predicted molar refractivity (Wildman–Crippen MR) is 51.3 cm³/mol. The molecule has 0 spiro atoms. The molecular weight excluding hydrogens is 150 g/mol. The van der Waals surface area contributed by atoms with Gasteiger partial charge in [0.05, 0.1) is 6.10 Å². The lowest BCUT2D eigenvalue weighted by Crippen LogP contribution is -2.27. The zero-order valence-corrected chi connectivity index (χ0v) is 8.31. The van der Waals surface area contributed by atoms with Gasteiger partial charge in [-0.3, -0.25) is 0 Å². The predicted octanol–water partition coefficient (Wildman–Crippen LogP) is 1.80. The monoisotopic (exact) mass is 171 g/mol. The quantitative estimate of drug-likeness (QED) is 0.696. The molecule has 0 heterocycles. The van der Waals surface area contributed by atoms with Crippen LogP contribution in [0.15, 0.2) is 0 Å². The second-order valence-electron chi connectivity index (χ2n) is 3.66. The number of ether oxygens (including phenoxy) is 1. The highest BCUT2D eigenvalue weighted by Crippen LogP contribution is 2.25. The Kier molecular flexibility index (Phi) is 4.62. The molecule has 0 aromatic rings. The SMILES string of the molecule is CCOC1CCC(CNC)CC1. The molecule has 0 aromatic carbocycles. The number of nitrogens with one attached hydrogen (secondary N) is 1. The van der Waals surface area contributed by atoms with Crippen molar-refractivity contribution in [3.8, 4) is 0 Å². The highest BCUT2D eigenvalue weighted by molar-refractivity contribution is 4.73. The molecule has 1 rings (SSSR count). The Bertz CT molecular complexity index is 94.4. The molecule has 0 aromatic heterocycles. The fourth-order valence-corrected chi connectivity index (χ4v) is 2.03. The molecule has 2 nitrogen and oxygen atoms in total. The average molecular weight is 171 g/mol. The lowest BCUT2D eigenvalue weighted by Gasteiger charge is -2.27. The van der Waals surface area contributed by atoms with E-state index >= 15 is 0 Å². The van der Waals surface area contributed by atoms with Crippen molar-refractivity contribution in [2.75, 3.05) is 20.2 Å². The van der Waals surface area contributed by atoms with Crippen LogP contribution in [0.3, 0.4) is 0 Å². The van der Waals surface area contributed by atoms with Gasteiger partial charge in [0, 0.05) is 6.61 Å². The molecule has 0 atom stereocenters. The summed E-state index contributed by atoms with van der Waals surface area (Å²) in [7, 11) is 2.04. The van der Waals surface area contributed by atoms with Gasteiger partial charge in [-0.2, -0.15) is 0 Å². The Morgan fingerprint density at radius 3 is 2.42 bits per heavy atom. The maximum atomic E-state index is 5.59. The molecule has 12 heavy (non-hydrogen) atoms. The normalized spacial score (nSPS) is 30.5. The van der Waals surface area contributed by atoms with Gasteiger partial charge in [-0.15, -0.1) is 0 Å². The van der Waals surface area contributed by atoms with Gasteiger partial charge in [0.25, 0.3) is 0 Å². The molecule has 1 aliphatic rings. The third kappa shape index (κ3) is 3.11. The second-order valence-corrected chi connectivity index (χ2v) is 3.66. The fraction of sp³-hybridized carbons (Fsp3) is 1.00. The maximum absolute atomic E-state index is 5.59. The molecule has 0 radical (unpaired) electrons. The van der Waals surface area contributed by atoms with Crippen LogP contribution in [0.5, 0.6) is 0 Å². The van der Waals surface area contributed by atoms with E-state index in [0.717, 1.165) is 12.5 Å². The summed E-state index contributed by atoms with van der Waals surface area (Å²) in [5, 5.41) is 3.24. The van der Waals surface area contributed by atoms with E-state index in [0.29, 0.717) is 6.10 Å². The van der Waals surface area contributed by atoms with Gasteiger partial charge in [-0.05, 0) is 52.1 Å². The smallest absolute Gasteiger partial charge is 0.0575 e. The largest absolute Gasteiger partial charge is 0.379 e. The Labute approximate surface area is 75.7 Å². The Hall–Kier alpha value is -0.0800. The minimum absolute atomic E-state index is 0.558. The van der Waals surface area contributed by atoms with Gasteiger partial charge in [-0.1, -0.05) is 0 Å². The standard InChI is InChI=1S/C10H21NO/c1-3-12-10-6-4-9(5-7-10)8-11-2/h9-11H,3-8H2,1-2H3. The lowest BCUT2D eigenvalue weighted by molar-refractivity contribution is 0.0260. The van der Waals surface area contributed by atoms with E-state index in [4.69, 9.17) is 4.74 Å². The molecular formula is C10H21NO. The van der Waals surface area contributed by atoms with Gasteiger partial charge >= 0.3 is 0 Å². The maximum Gasteiger partial charge on any atom is 0.0575 e. The van der Waals surface area contributed by atoms with Crippen LogP contribution in [0.1, 0.15) is 32.6 Å². The van der Waals surface area contributed by atoms with E-state index < -0.39 is 0 Å². The van der Waals surface area contributed by atoms with E-state index in [1.54, 1.807) is 0 Å². The summed E-state index contributed by atoms with van der Waals surface area (Å²) in [4.78, 5) is 0. The van der Waals surface area contributed by atoms with Crippen molar-refractivity contribution < 1.29 is 4.74 Å². The van der Waals surface area contributed by atoms with Crippen LogP contribution in [0, 0.1) is 5.92 Å². The number of hydrogen-bond acceptors (Lipinski definition) is 2. The van der Waals surface area contributed by atoms with E-state index in [1.807, 2.05) is 7.05 Å². The van der Waals surface area contributed by atoms with Crippen LogP contribution < -0.4 is 5.32 Å². The molecule has 0 unspecified atom stereocenters. The minimum Gasteiger partial charge on any atom is -0.379 e. The van der Waals surface area contributed by atoms with Gasteiger partial charge < -0.3 is 10.1 Å². The molecule has 72 valence electrons. The first-order chi connectivity index (χ1) is 5.86. The van der Waals surface area contributed by atoms with Crippen molar-refractivity contribution in [3.05, 3.63) is 0 Å². The van der Waals surface area contributed by atoms with Crippen molar-refractivity contribution >= 4 is 0 Å². The first-order valence-electron chi connectivity index (χ1n) is 5.13. The van der Waals surface area contributed by atoms with E-state index in [9.17, 15) is 0 Å². The zero-order chi connectivity index (χ0) is 8.81. The Morgan fingerprint density at radius 2 is 1.92 bits per heavy atom. The second kappa shape index (κ2) is 5.55. The summed E-state index contributed by atoms with van der Waals surface area (Å²) in [5.41, 5.74) is 0. The molecule has 1 aliphatic carbocycles. The summed E-state index contributed by atoms with van der Waals surface area (Å²) in [6, 6.07) is 0. The van der Waals surface area contributed by atoms with Gasteiger partial charge in [-0.25, -0.2) is 0 Å². The molecule has 0 bridgehead atoms. The lowest BCUT2D eigenvalue weighted by atomic mass is 9.87. The van der Waals surface area contributed by atoms with Gasteiger partial charge in [0.15, 0.2) is 0 Å². The van der Waals surface area contributed by atoms with Crippen molar-refractivity contribution in [2.45, 2.75) is 38.7 Å². The van der Waals surface area contributed by atoms with Gasteiger partial charge in [0.2, 0.25) is 0 Å². The van der Waals surface area contributed by atoms with Crippen molar-refractivity contribution in [3.63, 3.8) is 0 Å². The van der Waals surface area contributed by atoms with Crippen LogP contribution in [0.25, 0.3) is 0 Å². The first kappa shape index (κ1) is 10.0. The minimum atomic E-state index is 0.558. The van der Waals surface area contributed by atoms with Crippen LogP contribution >= 0.6 is 0 Å². The van der Waals surface area contributed by atoms with E-state index in [1.165, 1.54) is 32.2 Å². The topological polar surface area (TPSA) is 21.3 Å². The molecule has 1 saturated carbocycles. The first-order valence-corrected chi connectivity index (χ1v) is 5.13. The van der Waals surface area contributed by atoms with Crippen LogP contribution in [0.2, 0.25) is 0 Å². The molecule has 1 fully saturated rings. The fourth-order valence-electron chi connectivity index (χ4n) is 2.03. The summed E-state index contributed by atoms with van der Waals surface area (Å²) < 4.78 is 5.59. The third-order valence-corrected chi connectivity index (χ3v) is 2.69. The Morgan fingerprint density at radius 1 is 1.25 bits per heavy atom. The molecule has 2 heteroatoms. The average Bonchev–Trinajstić information content (AvgIpc) is 2.09. The molecule has 0 aliphatic heterocycles. The summed E-state index contributed by atoms with van der Waals surface area (Å²) in [6.07, 6.45) is 5.76. The summed E-state index contributed by atoms with van der Waals surface area (Å²) in [6.45, 7) is 4.14. The van der Waals surface area contributed by atoms with Crippen molar-refractivity contribution in [1.29, 1.82) is 0 Å². The number of rotatable bonds is 4. The molecule has 0 saturated heterocycles. The number of hydrogen-bond donors (Lipinski definition) is 1. The summed E-state index contributed by atoms with van der Waals surface area (Å²) >= 11 is 0. The van der Waals surface area contributed by atoms with Crippen LogP contribution in [0.4, 0.5) is 0 Å². The third-order valence-electron chi connectivity index (χ3n) is 2.69. The molecule has 0 amide bonds. The van der Waals surface area contributed by atoms with E-state index in [-0.39, 0.29) is 0 Å². The van der Waals surface area contributed by atoms with Crippen molar-refractivity contribution in [1.82, 2.24) is 5.32 Å². The van der Waals surface area contributed by atoms with E-state index in [2.05, 4.69) is 12.2 Å². The molecule has 1 N–H and O–H groups in total. The highest BCUT2D eigenvalue weighted by atomic mass is 16.5. The Balaban J connectivity index is 2.11. The zero-order valence-electron chi connectivity index (χ0n) is 8.31.